The summed E-state index contributed by atoms with van der Waals surface area (Å²) in [5, 5.41) is 0. The van der Waals surface area contributed by atoms with Gasteiger partial charge in [0.1, 0.15) is 12.4 Å². The van der Waals surface area contributed by atoms with Gasteiger partial charge in [-0.15, -0.1) is 0 Å². The highest BCUT2D eigenvalue weighted by Gasteiger charge is 2.13. The zero-order valence-electron chi connectivity index (χ0n) is 28.8. The second kappa shape index (κ2) is 20.5. The van der Waals surface area contributed by atoms with Crippen molar-refractivity contribution in [1.29, 1.82) is 0 Å². The van der Waals surface area contributed by atoms with Crippen molar-refractivity contribution in [3.8, 4) is 16.9 Å². The number of unbranched alkanes of at least 4 members (excludes halogenated alkanes) is 4. The highest BCUT2D eigenvalue weighted by Crippen LogP contribution is 2.24. The van der Waals surface area contributed by atoms with E-state index in [-0.39, 0.29) is 0 Å². The second-order valence-electron chi connectivity index (χ2n) is 13.2. The fourth-order valence-corrected chi connectivity index (χ4v) is 6.35. The third-order valence-corrected chi connectivity index (χ3v) is 9.31. The summed E-state index contributed by atoms with van der Waals surface area (Å²) in [6, 6.07) is 27.3. The number of rotatable bonds is 22. The molecule has 4 nitrogen and oxygen atoms in total. The van der Waals surface area contributed by atoms with Crippen LogP contribution in [0.15, 0.2) is 72.8 Å². The van der Waals surface area contributed by atoms with Gasteiger partial charge in [0.15, 0.2) is 0 Å². The molecule has 0 saturated carbocycles. The first-order valence-electron chi connectivity index (χ1n) is 18.2. The summed E-state index contributed by atoms with van der Waals surface area (Å²) in [5.41, 5.74) is 6.78. The monoisotopic (exact) mass is 611 g/mol. The Balaban J connectivity index is 1.36. The van der Waals surface area contributed by atoms with E-state index in [2.05, 4.69) is 108 Å². The summed E-state index contributed by atoms with van der Waals surface area (Å²) in [5.74, 6) is 0.964. The lowest BCUT2D eigenvalue weighted by Gasteiger charge is -2.28. The van der Waals surface area contributed by atoms with E-state index in [0.29, 0.717) is 0 Å². The van der Waals surface area contributed by atoms with E-state index in [4.69, 9.17) is 4.74 Å². The summed E-state index contributed by atoms with van der Waals surface area (Å²) in [6.07, 6.45) is 12.8. The molecule has 45 heavy (non-hydrogen) atoms. The summed E-state index contributed by atoms with van der Waals surface area (Å²) in [7, 11) is 0. The molecule has 1 saturated heterocycles. The van der Waals surface area contributed by atoms with Crippen molar-refractivity contribution in [2.24, 2.45) is 0 Å². The molecule has 0 unspecified atom stereocenters. The molecule has 1 fully saturated rings. The van der Waals surface area contributed by atoms with Crippen molar-refractivity contribution >= 4 is 0 Å². The van der Waals surface area contributed by atoms with Gasteiger partial charge in [0.25, 0.3) is 0 Å². The Bertz CT molecular complexity index is 1160. The Kier molecular flexibility index (Phi) is 16.0. The number of likely N-dealkylation sites (tertiary alicyclic amines) is 1. The molecule has 0 N–H and O–H groups in total. The van der Waals surface area contributed by atoms with Gasteiger partial charge in [-0.25, -0.2) is 0 Å². The molecule has 0 amide bonds. The van der Waals surface area contributed by atoms with E-state index in [9.17, 15) is 0 Å². The van der Waals surface area contributed by atoms with Crippen LogP contribution in [-0.4, -0.2) is 67.1 Å². The van der Waals surface area contributed by atoms with Crippen molar-refractivity contribution in [2.45, 2.75) is 98.1 Å². The van der Waals surface area contributed by atoms with E-state index in [1.54, 1.807) is 0 Å². The van der Waals surface area contributed by atoms with Crippen molar-refractivity contribution in [3.05, 3.63) is 89.5 Å². The molecule has 0 aliphatic carbocycles. The average Bonchev–Trinajstić information content (AvgIpc) is 3.60. The molecule has 246 valence electrons. The van der Waals surface area contributed by atoms with E-state index < -0.39 is 0 Å². The van der Waals surface area contributed by atoms with Gasteiger partial charge in [-0.05, 0) is 105 Å². The second-order valence-corrected chi connectivity index (χ2v) is 13.2. The molecule has 4 rings (SSSR count). The van der Waals surface area contributed by atoms with E-state index >= 15 is 0 Å². The SMILES string of the molecule is CCCCCc1ccc(CN(CCN(CCCC)CCCC)Cc2ccc(-c3ccc(OCCN4CCCC4)cc3)cc2)cc1. The maximum Gasteiger partial charge on any atom is 0.119 e. The molecule has 4 heteroatoms. The van der Waals surface area contributed by atoms with Gasteiger partial charge in [0.2, 0.25) is 0 Å². The summed E-state index contributed by atoms with van der Waals surface area (Å²) < 4.78 is 6.03. The van der Waals surface area contributed by atoms with Crippen LogP contribution in [0.5, 0.6) is 5.75 Å². The van der Waals surface area contributed by atoms with Crippen molar-refractivity contribution in [3.63, 3.8) is 0 Å². The maximum atomic E-state index is 6.03. The first-order valence-corrected chi connectivity index (χ1v) is 18.2. The number of ether oxygens (including phenoxy) is 1. The van der Waals surface area contributed by atoms with Crippen LogP contribution in [0.2, 0.25) is 0 Å². The molecule has 0 atom stereocenters. The number of hydrogen-bond acceptors (Lipinski definition) is 4. The predicted octanol–water partition coefficient (Wildman–Crippen LogP) is 9.47. The van der Waals surface area contributed by atoms with Crippen LogP contribution in [0, 0.1) is 0 Å². The predicted molar refractivity (Wildman–Crippen MR) is 193 cm³/mol. The van der Waals surface area contributed by atoms with E-state index in [1.165, 1.54) is 118 Å². The molecular weight excluding hydrogens is 550 g/mol. The van der Waals surface area contributed by atoms with Crippen LogP contribution in [0.3, 0.4) is 0 Å². The van der Waals surface area contributed by atoms with Crippen molar-refractivity contribution in [1.82, 2.24) is 14.7 Å². The maximum absolute atomic E-state index is 6.03. The quantitative estimate of drug-likeness (QED) is 0.105. The van der Waals surface area contributed by atoms with Crippen LogP contribution >= 0.6 is 0 Å². The fraction of sp³-hybridized carbons (Fsp3) is 0.561. The van der Waals surface area contributed by atoms with Crippen LogP contribution in [0.25, 0.3) is 11.1 Å². The molecule has 3 aromatic rings. The number of nitrogens with zero attached hydrogens (tertiary/aromatic N) is 3. The number of hydrogen-bond donors (Lipinski definition) is 0. The van der Waals surface area contributed by atoms with Crippen LogP contribution in [-0.2, 0) is 19.5 Å². The molecule has 0 spiro atoms. The van der Waals surface area contributed by atoms with Crippen LogP contribution in [0.1, 0.15) is 95.2 Å². The topological polar surface area (TPSA) is 19.0 Å². The molecule has 0 radical (unpaired) electrons. The highest BCUT2D eigenvalue weighted by atomic mass is 16.5. The standard InChI is InChI=1S/C41H61N3O/c1-4-7-10-13-36-14-16-37(17-15-36)34-44(31-30-42(26-8-5-2)27-9-6-3)35-38-18-20-39(21-19-38)40-22-24-41(25-23-40)45-33-32-43-28-11-12-29-43/h14-25H,4-13,26-35H2,1-3H3. The van der Waals surface area contributed by atoms with Crippen molar-refractivity contribution < 1.29 is 4.74 Å². The summed E-state index contributed by atoms with van der Waals surface area (Å²) in [4.78, 5) is 7.84. The third kappa shape index (κ3) is 12.9. The van der Waals surface area contributed by atoms with Crippen molar-refractivity contribution in [2.75, 3.05) is 52.4 Å². The third-order valence-electron chi connectivity index (χ3n) is 9.31. The molecule has 3 aromatic carbocycles. The van der Waals surface area contributed by atoms with Gasteiger partial charge >= 0.3 is 0 Å². The Morgan fingerprint density at radius 3 is 1.64 bits per heavy atom. The molecule has 0 bridgehead atoms. The average molecular weight is 612 g/mol. The van der Waals surface area contributed by atoms with Crippen LogP contribution < -0.4 is 4.74 Å². The largest absolute Gasteiger partial charge is 0.492 e. The Hall–Kier alpha value is -2.66. The minimum atomic E-state index is 0.766. The van der Waals surface area contributed by atoms with Gasteiger partial charge in [-0.1, -0.05) is 107 Å². The number of aryl methyl sites for hydroxylation is 1. The highest BCUT2D eigenvalue weighted by molar-refractivity contribution is 5.64. The fourth-order valence-electron chi connectivity index (χ4n) is 6.35. The minimum absolute atomic E-state index is 0.766. The van der Waals surface area contributed by atoms with Crippen LogP contribution in [0.4, 0.5) is 0 Å². The van der Waals surface area contributed by atoms with Gasteiger partial charge < -0.3 is 9.64 Å². The lowest BCUT2D eigenvalue weighted by Crippen LogP contribution is -2.36. The normalized spacial score (nSPS) is 13.7. The molecule has 0 aromatic heterocycles. The molecule has 1 aliphatic rings. The van der Waals surface area contributed by atoms with E-state index in [0.717, 1.165) is 45.1 Å². The molecular formula is C41H61N3O. The summed E-state index contributed by atoms with van der Waals surface area (Å²) in [6.45, 7) is 17.7. The zero-order valence-corrected chi connectivity index (χ0v) is 28.8. The van der Waals surface area contributed by atoms with Gasteiger partial charge in [0.05, 0.1) is 0 Å². The van der Waals surface area contributed by atoms with E-state index in [1.807, 2.05) is 0 Å². The Morgan fingerprint density at radius 2 is 1.07 bits per heavy atom. The molecule has 1 aliphatic heterocycles. The number of benzene rings is 3. The first kappa shape index (κ1) is 35.2. The summed E-state index contributed by atoms with van der Waals surface area (Å²) >= 11 is 0. The molecule has 1 heterocycles. The Labute approximate surface area is 275 Å². The smallest absolute Gasteiger partial charge is 0.119 e. The lowest BCUT2D eigenvalue weighted by atomic mass is 10.0. The first-order chi connectivity index (χ1) is 22.2. The van der Waals surface area contributed by atoms with Gasteiger partial charge in [-0.3, -0.25) is 9.80 Å². The van der Waals surface area contributed by atoms with Gasteiger partial charge in [0, 0.05) is 32.7 Å². The Morgan fingerprint density at radius 1 is 0.556 bits per heavy atom. The lowest BCUT2D eigenvalue weighted by molar-refractivity contribution is 0.189. The minimum Gasteiger partial charge on any atom is -0.492 e. The zero-order chi connectivity index (χ0) is 31.5. The van der Waals surface area contributed by atoms with Gasteiger partial charge in [-0.2, -0.15) is 0 Å².